The molecule has 4 rings (SSSR count). The summed E-state index contributed by atoms with van der Waals surface area (Å²) in [6, 6.07) is 16.0. The fraction of sp³-hybridized carbons (Fsp3) is 0.100. The molecular weight excluding hydrogens is 338 g/mol. The van der Waals surface area contributed by atoms with Gasteiger partial charge in [-0.1, -0.05) is 48.0 Å². The molecule has 0 atom stereocenters. The summed E-state index contributed by atoms with van der Waals surface area (Å²) in [6.45, 7) is 0.448. The number of fused-ring (bicyclic) bond motifs is 3. The highest BCUT2D eigenvalue weighted by Crippen LogP contribution is 2.34. The number of benzene rings is 2. The van der Waals surface area contributed by atoms with E-state index in [0.717, 1.165) is 5.56 Å². The normalized spacial score (nSPS) is 12.4. The Balaban J connectivity index is 2.07. The van der Waals surface area contributed by atoms with Crippen molar-refractivity contribution in [2.75, 3.05) is 0 Å². The zero-order valence-electron chi connectivity index (χ0n) is 13.2. The number of aryl methyl sites for hydroxylation is 1. The van der Waals surface area contributed by atoms with Gasteiger partial charge >= 0.3 is 5.97 Å². The van der Waals surface area contributed by atoms with Crippen LogP contribution in [0.3, 0.4) is 0 Å². The first-order valence-corrected chi connectivity index (χ1v) is 8.29. The van der Waals surface area contributed by atoms with Gasteiger partial charge in [0.1, 0.15) is 0 Å². The Hall–Kier alpha value is -2.85. The Morgan fingerprint density at radius 2 is 1.80 bits per heavy atom. The Kier molecular flexibility index (Phi) is 3.70. The number of carbonyl (C=O) groups is 1. The van der Waals surface area contributed by atoms with Gasteiger partial charge in [-0.3, -0.25) is 4.79 Å². The highest BCUT2D eigenvalue weighted by Gasteiger charge is 2.26. The summed E-state index contributed by atoms with van der Waals surface area (Å²) >= 11 is 6.11. The van der Waals surface area contributed by atoms with E-state index >= 15 is 0 Å². The van der Waals surface area contributed by atoms with Crippen molar-refractivity contribution in [2.45, 2.75) is 13.0 Å². The second-order valence-corrected chi connectivity index (χ2v) is 6.44. The lowest BCUT2D eigenvalue weighted by atomic mass is 9.92. The lowest BCUT2D eigenvalue weighted by Crippen LogP contribution is -2.29. The number of rotatable bonds is 2. The van der Waals surface area contributed by atoms with Crippen molar-refractivity contribution in [2.24, 2.45) is 0 Å². The van der Waals surface area contributed by atoms with Crippen molar-refractivity contribution in [3.63, 3.8) is 0 Å². The van der Waals surface area contributed by atoms with Crippen LogP contribution in [0.15, 0.2) is 59.4 Å². The molecule has 0 saturated carbocycles. The van der Waals surface area contributed by atoms with Crippen LogP contribution in [0.25, 0.3) is 22.4 Å². The van der Waals surface area contributed by atoms with Crippen LogP contribution in [0.4, 0.5) is 0 Å². The Morgan fingerprint density at radius 3 is 2.52 bits per heavy atom. The van der Waals surface area contributed by atoms with E-state index < -0.39 is 5.97 Å². The molecule has 4 nitrogen and oxygen atoms in total. The third-order valence-corrected chi connectivity index (χ3v) is 4.77. The van der Waals surface area contributed by atoms with E-state index in [9.17, 15) is 14.7 Å². The van der Waals surface area contributed by atoms with Crippen LogP contribution in [0.2, 0.25) is 5.02 Å². The highest BCUT2D eigenvalue weighted by atomic mass is 35.5. The summed E-state index contributed by atoms with van der Waals surface area (Å²) < 4.78 is 1.56. The molecule has 5 heteroatoms. The minimum absolute atomic E-state index is 0.113. The maximum atomic E-state index is 13.0. The molecule has 1 aliphatic heterocycles. The molecule has 0 unspecified atom stereocenters. The standard InChI is InChI=1S/C20H14ClNO3/c21-14-7-6-13-8-9-22-18(15(13)10-14)17(20(24)25)11-16(19(22)23)12-4-2-1-3-5-12/h1-7,10-11H,8-9H2,(H,24,25). The van der Waals surface area contributed by atoms with Gasteiger partial charge < -0.3 is 9.67 Å². The zero-order chi connectivity index (χ0) is 17.6. The van der Waals surface area contributed by atoms with Gasteiger partial charge in [-0.15, -0.1) is 0 Å². The summed E-state index contributed by atoms with van der Waals surface area (Å²) in [5, 5.41) is 10.3. The van der Waals surface area contributed by atoms with Gasteiger partial charge in [-0.2, -0.15) is 0 Å². The van der Waals surface area contributed by atoms with Crippen molar-refractivity contribution >= 4 is 17.6 Å². The van der Waals surface area contributed by atoms with Crippen LogP contribution in [0.1, 0.15) is 15.9 Å². The SMILES string of the molecule is O=C(O)c1cc(-c2ccccc2)c(=O)n2c1-c1cc(Cl)ccc1CC2. The fourth-order valence-corrected chi connectivity index (χ4v) is 3.55. The Bertz CT molecular complexity index is 1050. The minimum Gasteiger partial charge on any atom is -0.478 e. The highest BCUT2D eigenvalue weighted by molar-refractivity contribution is 6.31. The van der Waals surface area contributed by atoms with Gasteiger partial charge in [0.25, 0.3) is 5.56 Å². The number of carboxylic acids is 1. The predicted molar refractivity (Wildman–Crippen MR) is 97.2 cm³/mol. The Morgan fingerprint density at radius 1 is 1.04 bits per heavy atom. The topological polar surface area (TPSA) is 59.3 Å². The number of aromatic nitrogens is 1. The van der Waals surface area contributed by atoms with Gasteiger partial charge in [0.2, 0.25) is 0 Å². The number of aromatic carboxylic acids is 1. The molecule has 0 amide bonds. The van der Waals surface area contributed by atoms with Crippen LogP contribution in [-0.2, 0) is 13.0 Å². The summed E-state index contributed by atoms with van der Waals surface area (Å²) in [5.74, 6) is -1.06. The molecule has 0 fully saturated rings. The Labute approximate surface area is 148 Å². The molecule has 0 aliphatic carbocycles. The maximum absolute atomic E-state index is 13.0. The number of hydrogen-bond donors (Lipinski definition) is 1. The van der Waals surface area contributed by atoms with Gasteiger partial charge in [-0.25, -0.2) is 4.79 Å². The van der Waals surface area contributed by atoms with Gasteiger partial charge in [0, 0.05) is 22.7 Å². The van der Waals surface area contributed by atoms with E-state index in [2.05, 4.69) is 0 Å². The first kappa shape index (κ1) is 15.7. The molecule has 124 valence electrons. The lowest BCUT2D eigenvalue weighted by molar-refractivity contribution is 0.0697. The van der Waals surface area contributed by atoms with E-state index in [0.29, 0.717) is 40.4 Å². The summed E-state index contributed by atoms with van der Waals surface area (Å²) in [5.41, 5.74) is 3.18. The quantitative estimate of drug-likeness (QED) is 0.756. The molecule has 1 aliphatic rings. The lowest BCUT2D eigenvalue weighted by Gasteiger charge is -2.24. The second-order valence-electron chi connectivity index (χ2n) is 6.00. The average Bonchev–Trinajstić information content (AvgIpc) is 2.62. The molecule has 2 aromatic carbocycles. The third-order valence-electron chi connectivity index (χ3n) is 4.54. The number of carboxylic acid groups (broad SMARTS) is 1. The number of nitrogens with zero attached hydrogens (tertiary/aromatic N) is 1. The molecule has 25 heavy (non-hydrogen) atoms. The van der Waals surface area contributed by atoms with Crippen LogP contribution >= 0.6 is 11.6 Å². The summed E-state index contributed by atoms with van der Waals surface area (Å²) in [7, 11) is 0. The molecule has 0 saturated heterocycles. The van der Waals surface area contributed by atoms with Crippen molar-refractivity contribution in [1.29, 1.82) is 0 Å². The number of halogens is 1. The van der Waals surface area contributed by atoms with Crippen LogP contribution in [-0.4, -0.2) is 15.6 Å². The molecular formula is C20H14ClNO3. The minimum atomic E-state index is -1.06. The summed E-state index contributed by atoms with van der Waals surface area (Å²) in [6.07, 6.45) is 0.663. The van der Waals surface area contributed by atoms with E-state index in [-0.39, 0.29) is 11.1 Å². The number of hydrogen-bond acceptors (Lipinski definition) is 2. The average molecular weight is 352 g/mol. The van der Waals surface area contributed by atoms with Crippen LogP contribution in [0.5, 0.6) is 0 Å². The van der Waals surface area contributed by atoms with Crippen LogP contribution < -0.4 is 5.56 Å². The van der Waals surface area contributed by atoms with E-state index in [1.54, 1.807) is 16.7 Å². The van der Waals surface area contributed by atoms with Crippen molar-refractivity contribution in [3.8, 4) is 22.4 Å². The summed E-state index contributed by atoms with van der Waals surface area (Å²) in [4.78, 5) is 24.9. The van der Waals surface area contributed by atoms with Crippen LogP contribution in [0, 0.1) is 0 Å². The fourth-order valence-electron chi connectivity index (χ4n) is 3.38. The first-order valence-electron chi connectivity index (χ1n) is 7.91. The van der Waals surface area contributed by atoms with Crippen molar-refractivity contribution in [3.05, 3.63) is 81.1 Å². The molecule has 0 radical (unpaired) electrons. The van der Waals surface area contributed by atoms with Gasteiger partial charge in [0.15, 0.2) is 0 Å². The van der Waals surface area contributed by atoms with Crippen molar-refractivity contribution in [1.82, 2.24) is 4.57 Å². The van der Waals surface area contributed by atoms with Gasteiger partial charge in [-0.05, 0) is 35.7 Å². The second kappa shape index (κ2) is 5.90. The molecule has 1 aromatic heterocycles. The molecule has 1 N–H and O–H groups in total. The van der Waals surface area contributed by atoms with Crippen molar-refractivity contribution < 1.29 is 9.90 Å². The zero-order valence-corrected chi connectivity index (χ0v) is 14.0. The predicted octanol–water partition coefficient (Wildman–Crippen LogP) is 4.09. The van der Waals surface area contributed by atoms with E-state index in [1.807, 2.05) is 36.4 Å². The smallest absolute Gasteiger partial charge is 0.337 e. The maximum Gasteiger partial charge on any atom is 0.337 e. The molecule has 2 heterocycles. The largest absolute Gasteiger partial charge is 0.478 e. The molecule has 0 spiro atoms. The molecule has 0 bridgehead atoms. The monoisotopic (exact) mass is 351 g/mol. The third kappa shape index (κ3) is 2.55. The number of pyridine rings is 1. The van der Waals surface area contributed by atoms with Gasteiger partial charge in [0.05, 0.1) is 11.3 Å². The van der Waals surface area contributed by atoms with E-state index in [1.165, 1.54) is 6.07 Å². The molecule has 3 aromatic rings. The van der Waals surface area contributed by atoms with E-state index in [4.69, 9.17) is 11.6 Å². The first-order chi connectivity index (χ1) is 12.1.